The van der Waals surface area contributed by atoms with E-state index in [-0.39, 0.29) is 29.8 Å². The molecule has 208 valence electrons. The Bertz CT molecular complexity index is 1270. The van der Waals surface area contributed by atoms with E-state index in [0.717, 1.165) is 36.0 Å². The first-order chi connectivity index (χ1) is 18.6. The molecule has 8 heteroatoms. The van der Waals surface area contributed by atoms with Gasteiger partial charge in [-0.3, -0.25) is 14.4 Å². The van der Waals surface area contributed by atoms with Crippen LogP contribution in [-0.4, -0.2) is 54.9 Å². The molecule has 5 rings (SSSR count). The number of benzene rings is 2. The smallest absolute Gasteiger partial charge is 0.246 e. The van der Waals surface area contributed by atoms with Crippen molar-refractivity contribution in [3.05, 3.63) is 64.7 Å². The Hall–Kier alpha value is -3.39. The molecule has 0 aromatic heterocycles. The van der Waals surface area contributed by atoms with Gasteiger partial charge in [0, 0.05) is 6.42 Å². The zero-order valence-corrected chi connectivity index (χ0v) is 23.5. The van der Waals surface area contributed by atoms with E-state index in [1.807, 2.05) is 30.3 Å². The normalized spacial score (nSPS) is 26.0. The molecule has 3 amide bonds. The number of amides is 3. The van der Waals surface area contributed by atoms with Gasteiger partial charge in [-0.05, 0) is 79.5 Å². The summed E-state index contributed by atoms with van der Waals surface area (Å²) in [7, 11) is 3.33. The number of ether oxygens (including phenoxy) is 1. The molecule has 8 nitrogen and oxygen atoms in total. The number of fused-ring (bicyclic) bond motifs is 4. The zero-order valence-electron chi connectivity index (χ0n) is 23.5. The third-order valence-corrected chi connectivity index (χ3v) is 8.84. The summed E-state index contributed by atoms with van der Waals surface area (Å²) >= 11 is 0. The number of carbonyl (C=O) groups is 3. The van der Waals surface area contributed by atoms with Crippen LogP contribution in [0.25, 0.3) is 0 Å². The highest BCUT2D eigenvalue weighted by Crippen LogP contribution is 2.50. The molecule has 1 unspecified atom stereocenters. The molecule has 0 saturated carbocycles. The number of nitrogens with zero attached hydrogens (tertiary/aromatic N) is 1. The molecule has 1 aliphatic carbocycles. The molecule has 39 heavy (non-hydrogen) atoms. The summed E-state index contributed by atoms with van der Waals surface area (Å²) in [6.45, 7) is 5.88. The van der Waals surface area contributed by atoms with Gasteiger partial charge in [0.05, 0.1) is 25.2 Å². The monoisotopic (exact) mass is 532 g/mol. The van der Waals surface area contributed by atoms with Crippen LogP contribution in [-0.2, 0) is 27.2 Å². The molecular formula is C31H40N4O4. The van der Waals surface area contributed by atoms with E-state index in [2.05, 4.69) is 41.9 Å². The van der Waals surface area contributed by atoms with Crippen LogP contribution in [0.1, 0.15) is 74.4 Å². The van der Waals surface area contributed by atoms with Crippen molar-refractivity contribution < 1.29 is 19.1 Å². The van der Waals surface area contributed by atoms with Gasteiger partial charge in [0.15, 0.2) is 0 Å². The van der Waals surface area contributed by atoms with Gasteiger partial charge in [-0.1, -0.05) is 44.2 Å². The average Bonchev–Trinajstić information content (AvgIpc) is 3.17. The van der Waals surface area contributed by atoms with Crippen LogP contribution in [0, 0.1) is 5.41 Å². The molecule has 3 N–H and O–H groups in total. The minimum Gasteiger partial charge on any atom is -0.497 e. The zero-order chi connectivity index (χ0) is 27.9. The van der Waals surface area contributed by atoms with Crippen molar-refractivity contribution in [2.45, 2.75) is 83.1 Å². The lowest BCUT2D eigenvalue weighted by atomic mass is 9.81. The van der Waals surface area contributed by atoms with Crippen LogP contribution in [0.4, 0.5) is 0 Å². The second-order valence-electron chi connectivity index (χ2n) is 11.8. The largest absolute Gasteiger partial charge is 0.497 e. The number of hydrogen-bond donors (Lipinski definition) is 3. The summed E-state index contributed by atoms with van der Waals surface area (Å²) in [4.78, 5) is 43.1. The van der Waals surface area contributed by atoms with Crippen LogP contribution in [0.2, 0.25) is 0 Å². The van der Waals surface area contributed by atoms with E-state index in [0.29, 0.717) is 18.6 Å². The third-order valence-electron chi connectivity index (χ3n) is 8.84. The summed E-state index contributed by atoms with van der Waals surface area (Å²) in [6.07, 6.45) is 3.87. The van der Waals surface area contributed by atoms with Crippen molar-refractivity contribution in [1.82, 2.24) is 20.9 Å². The Balaban J connectivity index is 1.51. The predicted octanol–water partition coefficient (Wildman–Crippen LogP) is 3.21. The summed E-state index contributed by atoms with van der Waals surface area (Å²) in [5.74, 6) is 0.0904. The lowest BCUT2D eigenvalue weighted by Gasteiger charge is -2.36. The lowest BCUT2D eigenvalue weighted by molar-refractivity contribution is -0.145. The maximum atomic E-state index is 14.3. The first-order valence-corrected chi connectivity index (χ1v) is 14.0. The topological polar surface area (TPSA) is 99.8 Å². The van der Waals surface area contributed by atoms with Crippen LogP contribution < -0.4 is 20.7 Å². The Kier molecular flexibility index (Phi) is 7.42. The lowest BCUT2D eigenvalue weighted by Crippen LogP contribution is -2.57. The van der Waals surface area contributed by atoms with Gasteiger partial charge in [0.1, 0.15) is 17.8 Å². The van der Waals surface area contributed by atoms with Gasteiger partial charge in [0.25, 0.3) is 0 Å². The van der Waals surface area contributed by atoms with E-state index in [1.54, 1.807) is 26.0 Å². The summed E-state index contributed by atoms with van der Waals surface area (Å²) in [5.41, 5.74) is 3.92. The fraction of sp³-hybridized carbons (Fsp3) is 0.516. The van der Waals surface area contributed by atoms with Gasteiger partial charge in [-0.2, -0.15) is 0 Å². The van der Waals surface area contributed by atoms with Crippen LogP contribution >= 0.6 is 0 Å². The van der Waals surface area contributed by atoms with Crippen molar-refractivity contribution in [3.8, 4) is 5.75 Å². The Morgan fingerprint density at radius 3 is 2.56 bits per heavy atom. The molecule has 5 atom stereocenters. The first-order valence-electron chi connectivity index (χ1n) is 14.0. The van der Waals surface area contributed by atoms with Gasteiger partial charge in [-0.25, -0.2) is 0 Å². The third kappa shape index (κ3) is 5.02. The summed E-state index contributed by atoms with van der Waals surface area (Å²) < 4.78 is 5.48. The molecule has 0 radical (unpaired) electrons. The Morgan fingerprint density at radius 2 is 1.82 bits per heavy atom. The second kappa shape index (κ2) is 10.6. The van der Waals surface area contributed by atoms with E-state index in [4.69, 9.17) is 4.74 Å². The van der Waals surface area contributed by atoms with Crippen LogP contribution in [0.15, 0.2) is 42.5 Å². The van der Waals surface area contributed by atoms with Crippen molar-refractivity contribution >= 4 is 17.7 Å². The maximum Gasteiger partial charge on any atom is 0.246 e. The quantitative estimate of drug-likeness (QED) is 0.531. The SMILES string of the molecule is CN[C@@H](C)C(=O)N[C@H]1Cc2cc(OC)ccc2[C@H]2CC(C)(C)C(C(=O)N[C@@H]3CCCc4ccccc43)N2C1=O. The molecule has 2 heterocycles. The molecule has 1 fully saturated rings. The highest BCUT2D eigenvalue weighted by atomic mass is 16.5. The van der Waals surface area contributed by atoms with Gasteiger partial charge >= 0.3 is 0 Å². The summed E-state index contributed by atoms with van der Waals surface area (Å²) in [5, 5.41) is 9.23. The highest BCUT2D eigenvalue weighted by molar-refractivity contribution is 5.95. The molecule has 0 bridgehead atoms. The fourth-order valence-electron chi connectivity index (χ4n) is 6.68. The Labute approximate surface area is 230 Å². The number of carbonyl (C=O) groups excluding carboxylic acids is 3. The number of nitrogens with one attached hydrogen (secondary N) is 3. The number of hydrogen-bond acceptors (Lipinski definition) is 5. The molecule has 2 aromatic rings. The Morgan fingerprint density at radius 1 is 1.05 bits per heavy atom. The number of likely N-dealkylation sites (N-methyl/N-ethyl adjacent to an activating group) is 1. The molecular weight excluding hydrogens is 492 g/mol. The minimum atomic E-state index is -0.788. The number of methoxy groups -OCH3 is 1. The number of rotatable bonds is 6. The van der Waals surface area contributed by atoms with Crippen LogP contribution in [0.3, 0.4) is 0 Å². The van der Waals surface area contributed by atoms with Gasteiger partial charge in [0.2, 0.25) is 17.7 Å². The van der Waals surface area contributed by atoms with E-state index < -0.39 is 23.5 Å². The second-order valence-corrected chi connectivity index (χ2v) is 11.8. The van der Waals surface area contributed by atoms with Crippen molar-refractivity contribution in [2.24, 2.45) is 5.41 Å². The van der Waals surface area contributed by atoms with E-state index in [1.165, 1.54) is 5.56 Å². The summed E-state index contributed by atoms with van der Waals surface area (Å²) in [6, 6.07) is 11.9. The van der Waals surface area contributed by atoms with E-state index in [9.17, 15) is 14.4 Å². The molecule has 2 aromatic carbocycles. The minimum absolute atomic E-state index is 0.0806. The maximum absolute atomic E-state index is 14.3. The first kappa shape index (κ1) is 27.2. The van der Waals surface area contributed by atoms with Crippen LogP contribution in [0.5, 0.6) is 5.75 Å². The van der Waals surface area contributed by atoms with Crippen molar-refractivity contribution in [1.29, 1.82) is 0 Å². The standard InChI is InChI=1S/C31H40N4O4/c1-18(32-4)28(36)34-25-16-20-15-21(39-5)13-14-23(20)26-17-31(2,3)27(35(26)30(25)38)29(37)33-24-12-8-10-19-9-6-7-11-22(19)24/h6-7,9,11,13-15,18,24-27,32H,8,10,12,16-17H2,1-5H3,(H,33,37)(H,34,36)/t18-,24+,25-,26+,27?/m0/s1. The van der Waals surface area contributed by atoms with Crippen molar-refractivity contribution in [2.75, 3.05) is 14.2 Å². The van der Waals surface area contributed by atoms with Gasteiger partial charge < -0.3 is 25.6 Å². The molecule has 3 aliphatic rings. The number of aryl methyl sites for hydroxylation is 1. The van der Waals surface area contributed by atoms with Gasteiger partial charge in [-0.15, -0.1) is 0 Å². The molecule has 1 saturated heterocycles. The molecule has 2 aliphatic heterocycles. The van der Waals surface area contributed by atoms with E-state index >= 15 is 0 Å². The predicted molar refractivity (Wildman–Crippen MR) is 149 cm³/mol. The molecule has 0 spiro atoms. The fourth-order valence-corrected chi connectivity index (χ4v) is 6.68. The average molecular weight is 533 g/mol. The van der Waals surface area contributed by atoms with Crippen molar-refractivity contribution in [3.63, 3.8) is 0 Å². The highest BCUT2D eigenvalue weighted by Gasteiger charge is 2.55.